The van der Waals surface area contributed by atoms with Gasteiger partial charge in [0.1, 0.15) is 0 Å². The molecule has 0 aromatic heterocycles. The molecule has 3 unspecified atom stereocenters. The highest BCUT2D eigenvalue weighted by Gasteiger charge is 2.50. The largest absolute Gasteiger partial charge is 0.323 e. The first-order valence-corrected chi connectivity index (χ1v) is 8.79. The molecule has 2 rings (SSSR count). The van der Waals surface area contributed by atoms with Crippen LogP contribution in [0.5, 0.6) is 0 Å². The molecule has 1 heterocycles. The number of hydrogen-bond acceptors (Lipinski definition) is 2. The van der Waals surface area contributed by atoms with Gasteiger partial charge in [-0.3, -0.25) is 10.1 Å². The van der Waals surface area contributed by atoms with Gasteiger partial charge in [0.15, 0.2) is 0 Å². The van der Waals surface area contributed by atoms with Crippen LogP contribution in [-0.2, 0) is 4.79 Å². The number of hydrogen-bond donors (Lipinski definition) is 1. The minimum Gasteiger partial charge on any atom is -0.323 e. The van der Waals surface area contributed by atoms with E-state index >= 15 is 0 Å². The van der Waals surface area contributed by atoms with Crippen LogP contribution in [0.3, 0.4) is 0 Å². The molecule has 1 N–H and O–H groups in total. The SMILES string of the molecule is CCC1(C)NC(CC(C)C)N(C2CCCC(C)(C)C2)C1=O. The molecule has 0 aromatic rings. The lowest BCUT2D eigenvalue weighted by Gasteiger charge is -2.42. The van der Waals surface area contributed by atoms with Crippen molar-refractivity contribution in [1.29, 1.82) is 0 Å². The van der Waals surface area contributed by atoms with E-state index in [1.165, 1.54) is 19.3 Å². The number of carbonyl (C=O) groups is 1. The quantitative estimate of drug-likeness (QED) is 0.852. The number of nitrogens with zero attached hydrogens (tertiary/aromatic N) is 1. The van der Waals surface area contributed by atoms with Crippen LogP contribution >= 0.6 is 0 Å². The average Bonchev–Trinajstić information content (AvgIpc) is 2.60. The molecule has 3 atom stereocenters. The average molecular weight is 294 g/mol. The standard InChI is InChI=1S/C18H34N2O/c1-7-18(6)16(21)20(15(19-18)11-13(2)3)14-9-8-10-17(4,5)12-14/h13-15,19H,7-12H2,1-6H3. The minimum atomic E-state index is -0.360. The van der Waals surface area contributed by atoms with Crippen molar-refractivity contribution in [3.05, 3.63) is 0 Å². The summed E-state index contributed by atoms with van der Waals surface area (Å²) in [7, 11) is 0. The predicted octanol–water partition coefficient (Wildman–Crippen LogP) is 3.93. The van der Waals surface area contributed by atoms with Crippen molar-refractivity contribution in [3.63, 3.8) is 0 Å². The second kappa shape index (κ2) is 5.91. The number of carbonyl (C=O) groups excluding carboxylic acids is 1. The number of nitrogens with one attached hydrogen (secondary N) is 1. The van der Waals surface area contributed by atoms with Crippen molar-refractivity contribution in [3.8, 4) is 0 Å². The minimum absolute atomic E-state index is 0.223. The van der Waals surface area contributed by atoms with E-state index in [-0.39, 0.29) is 11.7 Å². The Bertz CT molecular complexity index is 389. The molecule has 21 heavy (non-hydrogen) atoms. The molecule has 3 heteroatoms. The summed E-state index contributed by atoms with van der Waals surface area (Å²) in [5.74, 6) is 0.937. The molecule has 1 saturated heterocycles. The van der Waals surface area contributed by atoms with Crippen molar-refractivity contribution in [2.24, 2.45) is 11.3 Å². The van der Waals surface area contributed by atoms with Crippen molar-refractivity contribution < 1.29 is 4.79 Å². The third-order valence-electron chi connectivity index (χ3n) is 5.50. The predicted molar refractivity (Wildman–Crippen MR) is 88.0 cm³/mol. The summed E-state index contributed by atoms with van der Waals surface area (Å²) in [6, 6.07) is 0.422. The Hall–Kier alpha value is -0.570. The normalized spacial score (nSPS) is 36.5. The van der Waals surface area contributed by atoms with Crippen molar-refractivity contribution in [2.75, 3.05) is 0 Å². The van der Waals surface area contributed by atoms with Crippen LogP contribution in [0, 0.1) is 11.3 Å². The summed E-state index contributed by atoms with van der Waals surface area (Å²) in [5.41, 5.74) is 0.0118. The Labute approximate surface area is 130 Å². The van der Waals surface area contributed by atoms with Crippen LogP contribution in [0.4, 0.5) is 0 Å². The van der Waals surface area contributed by atoms with Crippen LogP contribution in [0.2, 0.25) is 0 Å². The summed E-state index contributed by atoms with van der Waals surface area (Å²) in [6.45, 7) is 13.4. The lowest BCUT2D eigenvalue weighted by molar-refractivity contribution is -0.136. The third kappa shape index (κ3) is 3.44. The topological polar surface area (TPSA) is 32.3 Å². The van der Waals surface area contributed by atoms with E-state index in [2.05, 4.69) is 51.8 Å². The van der Waals surface area contributed by atoms with E-state index in [0.29, 0.717) is 23.3 Å². The molecule has 1 saturated carbocycles. The highest BCUT2D eigenvalue weighted by Crippen LogP contribution is 2.40. The van der Waals surface area contributed by atoms with E-state index in [1.54, 1.807) is 0 Å². The van der Waals surface area contributed by atoms with E-state index < -0.39 is 0 Å². The first kappa shape index (κ1) is 16.8. The zero-order chi connectivity index (χ0) is 15.8. The Morgan fingerprint density at radius 3 is 2.52 bits per heavy atom. The molecule has 0 radical (unpaired) electrons. The van der Waals surface area contributed by atoms with Gasteiger partial charge in [0.05, 0.1) is 11.7 Å². The molecular weight excluding hydrogens is 260 g/mol. The van der Waals surface area contributed by atoms with Gasteiger partial charge >= 0.3 is 0 Å². The Morgan fingerprint density at radius 1 is 1.33 bits per heavy atom. The molecule has 0 aromatic carbocycles. The van der Waals surface area contributed by atoms with Crippen LogP contribution in [0.1, 0.15) is 80.1 Å². The Balaban J connectivity index is 2.22. The van der Waals surface area contributed by atoms with Crippen LogP contribution < -0.4 is 5.32 Å². The zero-order valence-electron chi connectivity index (χ0n) is 14.8. The fourth-order valence-corrected chi connectivity index (χ4v) is 4.11. The maximum absolute atomic E-state index is 13.0. The highest BCUT2D eigenvalue weighted by molar-refractivity contribution is 5.88. The molecule has 0 bridgehead atoms. The third-order valence-corrected chi connectivity index (χ3v) is 5.50. The molecule has 1 aliphatic carbocycles. The second-order valence-electron chi connectivity index (χ2n) is 8.60. The number of amides is 1. The van der Waals surface area contributed by atoms with Crippen molar-refractivity contribution in [2.45, 2.75) is 97.8 Å². The first-order valence-electron chi connectivity index (χ1n) is 8.79. The number of rotatable bonds is 4. The van der Waals surface area contributed by atoms with Gasteiger partial charge in [-0.2, -0.15) is 0 Å². The van der Waals surface area contributed by atoms with Crippen LogP contribution in [-0.4, -0.2) is 28.6 Å². The van der Waals surface area contributed by atoms with Gasteiger partial charge in [-0.05, 0) is 50.4 Å². The summed E-state index contributed by atoms with van der Waals surface area (Å²) in [4.78, 5) is 15.3. The maximum Gasteiger partial charge on any atom is 0.244 e. The molecule has 1 aliphatic heterocycles. The van der Waals surface area contributed by atoms with Crippen LogP contribution in [0.25, 0.3) is 0 Å². The molecule has 3 nitrogen and oxygen atoms in total. The molecule has 2 aliphatic rings. The van der Waals surface area contributed by atoms with Gasteiger partial charge in [0, 0.05) is 6.04 Å². The monoisotopic (exact) mass is 294 g/mol. The van der Waals surface area contributed by atoms with Crippen molar-refractivity contribution in [1.82, 2.24) is 10.2 Å². The molecule has 0 spiro atoms. The molecule has 122 valence electrons. The van der Waals surface area contributed by atoms with E-state index in [9.17, 15) is 4.79 Å². The fraction of sp³-hybridized carbons (Fsp3) is 0.944. The van der Waals surface area contributed by atoms with Gasteiger partial charge < -0.3 is 4.90 Å². The Kier molecular flexibility index (Phi) is 4.72. The summed E-state index contributed by atoms with van der Waals surface area (Å²) in [5, 5.41) is 3.65. The molecule has 2 fully saturated rings. The van der Waals surface area contributed by atoms with Gasteiger partial charge in [-0.15, -0.1) is 0 Å². The van der Waals surface area contributed by atoms with Gasteiger partial charge in [-0.25, -0.2) is 0 Å². The first-order chi connectivity index (χ1) is 9.68. The van der Waals surface area contributed by atoms with Crippen LogP contribution in [0.15, 0.2) is 0 Å². The highest BCUT2D eigenvalue weighted by atomic mass is 16.2. The lowest BCUT2D eigenvalue weighted by atomic mass is 9.74. The molecular formula is C18H34N2O. The lowest BCUT2D eigenvalue weighted by Crippen LogP contribution is -2.48. The molecule has 1 amide bonds. The van der Waals surface area contributed by atoms with Gasteiger partial charge in [0.2, 0.25) is 5.91 Å². The summed E-state index contributed by atoms with van der Waals surface area (Å²) in [6.07, 6.45) is 7.00. The van der Waals surface area contributed by atoms with E-state index in [4.69, 9.17) is 0 Å². The second-order valence-corrected chi connectivity index (χ2v) is 8.60. The zero-order valence-corrected chi connectivity index (χ0v) is 14.8. The summed E-state index contributed by atoms with van der Waals surface area (Å²) >= 11 is 0. The van der Waals surface area contributed by atoms with Gasteiger partial charge in [-0.1, -0.05) is 41.0 Å². The fourth-order valence-electron chi connectivity index (χ4n) is 4.11. The van der Waals surface area contributed by atoms with Gasteiger partial charge in [0.25, 0.3) is 0 Å². The van der Waals surface area contributed by atoms with E-state index in [0.717, 1.165) is 19.3 Å². The smallest absolute Gasteiger partial charge is 0.244 e. The van der Waals surface area contributed by atoms with Crippen molar-refractivity contribution >= 4 is 5.91 Å². The maximum atomic E-state index is 13.0. The summed E-state index contributed by atoms with van der Waals surface area (Å²) < 4.78 is 0. The van der Waals surface area contributed by atoms with E-state index in [1.807, 2.05) is 0 Å². The Morgan fingerprint density at radius 2 is 2.00 bits per heavy atom.